The predicted octanol–water partition coefficient (Wildman–Crippen LogP) is 3.50. The van der Waals surface area contributed by atoms with Gasteiger partial charge in [0.25, 0.3) is 5.91 Å². The molecule has 0 unspecified atom stereocenters. The average Bonchev–Trinajstić information content (AvgIpc) is 2.97. The Hall–Kier alpha value is -2.30. The van der Waals surface area contributed by atoms with E-state index < -0.39 is 6.10 Å². The molecule has 1 atom stereocenters. The van der Waals surface area contributed by atoms with Crippen LogP contribution in [0.2, 0.25) is 0 Å². The van der Waals surface area contributed by atoms with Gasteiger partial charge in [-0.2, -0.15) is 0 Å². The summed E-state index contributed by atoms with van der Waals surface area (Å²) in [5, 5.41) is 6.77. The van der Waals surface area contributed by atoms with E-state index in [1.807, 2.05) is 52.0 Å². The van der Waals surface area contributed by atoms with Gasteiger partial charge in [0.2, 0.25) is 0 Å². The molecule has 5 nitrogen and oxygen atoms in total. The summed E-state index contributed by atoms with van der Waals surface area (Å²) in [7, 11) is 0. The quantitative estimate of drug-likeness (QED) is 0.886. The zero-order valence-electron chi connectivity index (χ0n) is 14.3. The van der Waals surface area contributed by atoms with Gasteiger partial charge < -0.3 is 14.6 Å². The number of benzene rings is 1. The van der Waals surface area contributed by atoms with Crippen LogP contribution in [0.4, 0.5) is 0 Å². The Bertz CT molecular complexity index is 677. The summed E-state index contributed by atoms with van der Waals surface area (Å²) in [4.78, 5) is 12.2. The molecule has 1 N–H and O–H groups in total. The van der Waals surface area contributed by atoms with Crippen LogP contribution in [-0.2, 0) is 11.3 Å². The predicted molar refractivity (Wildman–Crippen MR) is 88.4 cm³/mol. The molecular formula is C18H24N2O3. The molecule has 0 saturated carbocycles. The van der Waals surface area contributed by atoms with Crippen LogP contribution in [0.3, 0.4) is 0 Å². The third-order valence-electron chi connectivity index (χ3n) is 3.61. The van der Waals surface area contributed by atoms with Crippen LogP contribution >= 0.6 is 0 Å². The maximum absolute atomic E-state index is 12.2. The molecule has 0 aliphatic rings. The highest BCUT2D eigenvalue weighted by Gasteiger charge is 2.16. The smallest absolute Gasteiger partial charge is 0.261 e. The van der Waals surface area contributed by atoms with Crippen molar-refractivity contribution in [2.45, 2.75) is 53.2 Å². The van der Waals surface area contributed by atoms with E-state index in [2.05, 4.69) is 10.5 Å². The number of hydrogen-bond acceptors (Lipinski definition) is 4. The molecule has 1 aromatic heterocycles. The highest BCUT2D eigenvalue weighted by molar-refractivity contribution is 5.80. The van der Waals surface area contributed by atoms with Crippen molar-refractivity contribution in [2.75, 3.05) is 0 Å². The van der Waals surface area contributed by atoms with Gasteiger partial charge in [-0.15, -0.1) is 0 Å². The van der Waals surface area contributed by atoms with Gasteiger partial charge >= 0.3 is 0 Å². The Morgan fingerprint density at radius 3 is 2.65 bits per heavy atom. The standard InChI is InChI=1S/C18H24N2O3/c1-11(2)16-9-15(20-23-16)10-19-18(21)14(5)22-17-8-12(3)6-7-13(17)4/h6-9,11,14H,10H2,1-5H3,(H,19,21)/t14-/m1/s1. The molecule has 0 bridgehead atoms. The van der Waals surface area contributed by atoms with Gasteiger partial charge in [-0.1, -0.05) is 31.1 Å². The van der Waals surface area contributed by atoms with Crippen LogP contribution in [0, 0.1) is 13.8 Å². The van der Waals surface area contributed by atoms with E-state index in [9.17, 15) is 4.79 Å². The number of nitrogens with zero attached hydrogens (tertiary/aromatic N) is 1. The molecule has 2 rings (SSSR count). The summed E-state index contributed by atoms with van der Waals surface area (Å²) < 4.78 is 11.0. The molecule has 23 heavy (non-hydrogen) atoms. The summed E-state index contributed by atoms with van der Waals surface area (Å²) in [6, 6.07) is 7.80. The van der Waals surface area contributed by atoms with Gasteiger partial charge in [-0.25, -0.2) is 0 Å². The second kappa shape index (κ2) is 7.31. The van der Waals surface area contributed by atoms with Gasteiger partial charge in [-0.05, 0) is 38.0 Å². The normalized spacial score (nSPS) is 12.3. The van der Waals surface area contributed by atoms with E-state index in [0.717, 1.165) is 22.6 Å². The molecule has 0 saturated heterocycles. The lowest BCUT2D eigenvalue weighted by atomic mass is 10.1. The number of nitrogens with one attached hydrogen (secondary N) is 1. The van der Waals surface area contributed by atoms with Crippen LogP contribution in [0.5, 0.6) is 5.75 Å². The number of rotatable bonds is 6. The van der Waals surface area contributed by atoms with Crippen molar-refractivity contribution in [3.8, 4) is 5.75 Å². The van der Waals surface area contributed by atoms with Crippen molar-refractivity contribution < 1.29 is 14.1 Å². The van der Waals surface area contributed by atoms with Crippen molar-refractivity contribution in [1.29, 1.82) is 0 Å². The second-order valence-corrected chi connectivity index (χ2v) is 6.12. The van der Waals surface area contributed by atoms with Crippen LogP contribution in [0.1, 0.15) is 49.3 Å². The molecule has 1 aromatic carbocycles. The largest absolute Gasteiger partial charge is 0.481 e. The van der Waals surface area contributed by atoms with Crippen LogP contribution in [-0.4, -0.2) is 17.2 Å². The number of ether oxygens (including phenoxy) is 1. The molecule has 1 heterocycles. The van der Waals surface area contributed by atoms with Crippen LogP contribution in [0.15, 0.2) is 28.8 Å². The lowest BCUT2D eigenvalue weighted by Gasteiger charge is -2.16. The first kappa shape index (κ1) is 17.1. The van der Waals surface area contributed by atoms with Crippen LogP contribution < -0.4 is 10.1 Å². The topological polar surface area (TPSA) is 64.4 Å². The first-order valence-electron chi connectivity index (χ1n) is 7.84. The van der Waals surface area contributed by atoms with E-state index in [1.165, 1.54) is 0 Å². The molecule has 5 heteroatoms. The lowest BCUT2D eigenvalue weighted by Crippen LogP contribution is -2.36. The van der Waals surface area contributed by atoms with E-state index in [4.69, 9.17) is 9.26 Å². The summed E-state index contributed by atoms with van der Waals surface area (Å²) >= 11 is 0. The number of amides is 1. The highest BCUT2D eigenvalue weighted by atomic mass is 16.5. The molecule has 124 valence electrons. The number of aromatic nitrogens is 1. The summed E-state index contributed by atoms with van der Waals surface area (Å²) in [5.41, 5.74) is 2.82. The fraction of sp³-hybridized carbons (Fsp3) is 0.444. The third-order valence-corrected chi connectivity index (χ3v) is 3.61. The summed E-state index contributed by atoms with van der Waals surface area (Å²) in [6.45, 7) is 10.1. The van der Waals surface area contributed by atoms with Crippen molar-refractivity contribution in [2.24, 2.45) is 0 Å². The van der Waals surface area contributed by atoms with E-state index in [-0.39, 0.29) is 11.8 Å². The molecule has 0 spiro atoms. The molecule has 1 amide bonds. The first-order valence-corrected chi connectivity index (χ1v) is 7.84. The fourth-order valence-electron chi connectivity index (χ4n) is 2.08. The zero-order chi connectivity index (χ0) is 17.0. The van der Waals surface area contributed by atoms with Gasteiger partial charge in [-0.3, -0.25) is 4.79 Å². The summed E-state index contributed by atoms with van der Waals surface area (Å²) in [5.74, 6) is 1.64. The number of carbonyl (C=O) groups is 1. The number of carbonyl (C=O) groups excluding carboxylic acids is 1. The monoisotopic (exact) mass is 316 g/mol. The van der Waals surface area contributed by atoms with Crippen molar-refractivity contribution >= 4 is 5.91 Å². The van der Waals surface area contributed by atoms with Gasteiger partial charge in [0, 0.05) is 12.0 Å². The van der Waals surface area contributed by atoms with Crippen LogP contribution in [0.25, 0.3) is 0 Å². The number of aryl methyl sites for hydroxylation is 2. The maximum Gasteiger partial charge on any atom is 0.261 e. The van der Waals surface area contributed by atoms with Crippen molar-refractivity contribution in [3.05, 3.63) is 46.8 Å². The molecule has 0 fully saturated rings. The molecule has 2 aromatic rings. The first-order chi connectivity index (χ1) is 10.9. The minimum Gasteiger partial charge on any atom is -0.481 e. The SMILES string of the molecule is Cc1ccc(C)c(O[C@H](C)C(=O)NCc2cc(C(C)C)on2)c1. The Morgan fingerprint density at radius 1 is 1.26 bits per heavy atom. The summed E-state index contributed by atoms with van der Waals surface area (Å²) in [6.07, 6.45) is -0.577. The molecule has 0 aliphatic carbocycles. The zero-order valence-corrected chi connectivity index (χ0v) is 14.3. The maximum atomic E-state index is 12.2. The van der Waals surface area contributed by atoms with E-state index in [1.54, 1.807) is 6.92 Å². The Balaban J connectivity index is 1.90. The van der Waals surface area contributed by atoms with Crippen molar-refractivity contribution in [3.63, 3.8) is 0 Å². The Kier molecular flexibility index (Phi) is 5.42. The van der Waals surface area contributed by atoms with E-state index in [0.29, 0.717) is 12.2 Å². The third kappa shape index (κ3) is 4.58. The average molecular weight is 316 g/mol. The highest BCUT2D eigenvalue weighted by Crippen LogP contribution is 2.20. The minimum atomic E-state index is -0.577. The fourth-order valence-corrected chi connectivity index (χ4v) is 2.08. The van der Waals surface area contributed by atoms with Crippen molar-refractivity contribution in [1.82, 2.24) is 10.5 Å². The molecule has 0 aliphatic heterocycles. The van der Waals surface area contributed by atoms with E-state index >= 15 is 0 Å². The Labute approximate surface area is 137 Å². The van der Waals surface area contributed by atoms with Gasteiger partial charge in [0.15, 0.2) is 6.10 Å². The second-order valence-electron chi connectivity index (χ2n) is 6.12. The van der Waals surface area contributed by atoms with Gasteiger partial charge in [0.1, 0.15) is 17.2 Å². The molecular weight excluding hydrogens is 292 g/mol. The lowest BCUT2D eigenvalue weighted by molar-refractivity contribution is -0.127. The van der Waals surface area contributed by atoms with Gasteiger partial charge in [0.05, 0.1) is 6.54 Å². The Morgan fingerprint density at radius 2 is 2.00 bits per heavy atom. The molecule has 0 radical (unpaired) electrons. The minimum absolute atomic E-state index is 0.181. The number of hydrogen-bond donors (Lipinski definition) is 1.